The molecule has 2 rings (SSSR count). The number of carbonyl (C=O) groups is 2. The Morgan fingerprint density at radius 3 is 2.63 bits per heavy atom. The SMILES string of the molecule is Cc1nscc1C(=O)NCC(=O)Cc1ccccc1. The molecule has 0 fully saturated rings. The van der Waals surface area contributed by atoms with E-state index in [9.17, 15) is 9.59 Å². The number of aromatic nitrogens is 1. The number of aryl methyl sites for hydroxylation is 1. The molecule has 1 heterocycles. The number of nitrogens with zero attached hydrogens (tertiary/aromatic N) is 1. The average molecular weight is 274 g/mol. The van der Waals surface area contributed by atoms with Gasteiger partial charge in [0.25, 0.3) is 5.91 Å². The van der Waals surface area contributed by atoms with Crippen molar-refractivity contribution in [2.75, 3.05) is 6.54 Å². The van der Waals surface area contributed by atoms with E-state index in [1.807, 2.05) is 30.3 Å². The Labute approximate surface area is 115 Å². The molecule has 5 heteroatoms. The molecule has 1 amide bonds. The van der Waals surface area contributed by atoms with Crippen LogP contribution < -0.4 is 5.32 Å². The monoisotopic (exact) mass is 274 g/mol. The lowest BCUT2D eigenvalue weighted by atomic mass is 10.1. The number of Topliss-reactive ketones (excluding diaryl/α,β-unsaturated/α-hetero) is 1. The van der Waals surface area contributed by atoms with Crippen LogP contribution in [0.15, 0.2) is 35.7 Å². The Morgan fingerprint density at radius 2 is 2.00 bits per heavy atom. The summed E-state index contributed by atoms with van der Waals surface area (Å²) in [7, 11) is 0. The zero-order valence-electron chi connectivity index (χ0n) is 10.6. The van der Waals surface area contributed by atoms with Gasteiger partial charge in [0.05, 0.1) is 17.8 Å². The molecule has 2 aromatic rings. The Hall–Kier alpha value is -2.01. The molecule has 4 nitrogen and oxygen atoms in total. The van der Waals surface area contributed by atoms with E-state index in [0.29, 0.717) is 17.7 Å². The van der Waals surface area contributed by atoms with Gasteiger partial charge in [0, 0.05) is 11.8 Å². The second kappa shape index (κ2) is 6.24. The van der Waals surface area contributed by atoms with Crippen molar-refractivity contribution in [2.24, 2.45) is 0 Å². The van der Waals surface area contributed by atoms with E-state index in [1.54, 1.807) is 12.3 Å². The van der Waals surface area contributed by atoms with Crippen LogP contribution >= 0.6 is 11.5 Å². The van der Waals surface area contributed by atoms with Gasteiger partial charge in [0.1, 0.15) is 0 Å². The number of rotatable bonds is 5. The zero-order chi connectivity index (χ0) is 13.7. The van der Waals surface area contributed by atoms with E-state index < -0.39 is 0 Å². The first-order valence-corrected chi connectivity index (χ1v) is 6.75. The summed E-state index contributed by atoms with van der Waals surface area (Å²) >= 11 is 1.24. The van der Waals surface area contributed by atoms with E-state index in [0.717, 1.165) is 5.56 Å². The van der Waals surface area contributed by atoms with E-state index in [2.05, 4.69) is 9.69 Å². The third kappa shape index (κ3) is 3.72. The second-order valence-electron chi connectivity index (χ2n) is 4.20. The highest BCUT2D eigenvalue weighted by Gasteiger charge is 2.12. The van der Waals surface area contributed by atoms with Crippen LogP contribution in [0.3, 0.4) is 0 Å². The van der Waals surface area contributed by atoms with Gasteiger partial charge in [-0.25, -0.2) is 0 Å². The molecule has 0 bridgehead atoms. The number of hydrogen-bond acceptors (Lipinski definition) is 4. The highest BCUT2D eigenvalue weighted by Crippen LogP contribution is 2.08. The van der Waals surface area contributed by atoms with Crippen molar-refractivity contribution in [1.82, 2.24) is 9.69 Å². The summed E-state index contributed by atoms with van der Waals surface area (Å²) in [4.78, 5) is 23.5. The fraction of sp³-hybridized carbons (Fsp3) is 0.214. The summed E-state index contributed by atoms with van der Waals surface area (Å²) < 4.78 is 4.03. The van der Waals surface area contributed by atoms with Crippen LogP contribution in [0.1, 0.15) is 21.6 Å². The summed E-state index contributed by atoms with van der Waals surface area (Å²) in [5.74, 6) is -0.256. The second-order valence-corrected chi connectivity index (χ2v) is 4.83. The molecular weight excluding hydrogens is 260 g/mol. The standard InChI is InChI=1S/C14H14N2O2S/c1-10-13(9-19-16-10)14(18)15-8-12(17)7-11-5-3-2-4-6-11/h2-6,9H,7-8H2,1H3,(H,15,18). The van der Waals surface area contributed by atoms with Crippen molar-refractivity contribution in [3.05, 3.63) is 52.5 Å². The van der Waals surface area contributed by atoms with Gasteiger partial charge in [-0.15, -0.1) is 0 Å². The lowest BCUT2D eigenvalue weighted by molar-refractivity contribution is -0.117. The molecule has 0 unspecified atom stereocenters. The number of amides is 1. The number of carbonyl (C=O) groups excluding carboxylic acids is 2. The van der Waals surface area contributed by atoms with Gasteiger partial charge in [0.15, 0.2) is 5.78 Å². The molecule has 0 radical (unpaired) electrons. The summed E-state index contributed by atoms with van der Waals surface area (Å²) in [6, 6.07) is 9.48. The molecule has 0 atom stereocenters. The topological polar surface area (TPSA) is 59.1 Å². The number of hydrogen-bond donors (Lipinski definition) is 1. The van der Waals surface area contributed by atoms with Crippen LogP contribution in [0.4, 0.5) is 0 Å². The van der Waals surface area contributed by atoms with Gasteiger partial charge >= 0.3 is 0 Å². The first kappa shape index (κ1) is 13.4. The first-order valence-electron chi connectivity index (χ1n) is 5.91. The number of benzene rings is 1. The van der Waals surface area contributed by atoms with Crippen LogP contribution in [0.5, 0.6) is 0 Å². The predicted octanol–water partition coefficient (Wildman–Crippen LogP) is 1.99. The van der Waals surface area contributed by atoms with Crippen molar-refractivity contribution in [2.45, 2.75) is 13.3 Å². The van der Waals surface area contributed by atoms with Crippen LogP contribution in [0, 0.1) is 6.92 Å². The number of nitrogens with one attached hydrogen (secondary N) is 1. The van der Waals surface area contributed by atoms with E-state index in [4.69, 9.17) is 0 Å². The van der Waals surface area contributed by atoms with Crippen molar-refractivity contribution < 1.29 is 9.59 Å². The first-order chi connectivity index (χ1) is 9.16. The minimum Gasteiger partial charge on any atom is -0.345 e. The lowest BCUT2D eigenvalue weighted by Gasteiger charge is -2.04. The van der Waals surface area contributed by atoms with Gasteiger partial charge in [-0.2, -0.15) is 4.37 Å². The van der Waals surface area contributed by atoms with Crippen LogP contribution in [-0.2, 0) is 11.2 Å². The summed E-state index contributed by atoms with van der Waals surface area (Å²) in [6.45, 7) is 1.82. The molecule has 98 valence electrons. The fourth-order valence-corrected chi connectivity index (χ4v) is 2.36. The zero-order valence-corrected chi connectivity index (χ0v) is 11.4. The van der Waals surface area contributed by atoms with Crippen LogP contribution in [0.2, 0.25) is 0 Å². The van der Waals surface area contributed by atoms with Gasteiger partial charge in [-0.1, -0.05) is 30.3 Å². The normalized spacial score (nSPS) is 10.2. The maximum Gasteiger partial charge on any atom is 0.254 e. The fourth-order valence-electron chi connectivity index (χ4n) is 1.67. The summed E-state index contributed by atoms with van der Waals surface area (Å²) in [5, 5.41) is 4.31. The highest BCUT2D eigenvalue weighted by atomic mass is 32.1. The van der Waals surface area contributed by atoms with Crippen molar-refractivity contribution in [3.63, 3.8) is 0 Å². The third-order valence-corrected chi connectivity index (χ3v) is 3.41. The van der Waals surface area contributed by atoms with Gasteiger partial charge in [0.2, 0.25) is 0 Å². The van der Waals surface area contributed by atoms with Crippen molar-refractivity contribution in [1.29, 1.82) is 0 Å². The maximum absolute atomic E-state index is 11.8. The van der Waals surface area contributed by atoms with Gasteiger partial charge in [-0.05, 0) is 24.0 Å². The number of ketones is 1. The Morgan fingerprint density at radius 1 is 1.26 bits per heavy atom. The molecule has 0 spiro atoms. The molecule has 19 heavy (non-hydrogen) atoms. The summed E-state index contributed by atoms with van der Waals surface area (Å²) in [6.07, 6.45) is 0.335. The molecule has 0 aliphatic heterocycles. The largest absolute Gasteiger partial charge is 0.345 e. The maximum atomic E-state index is 11.8. The molecule has 0 saturated heterocycles. The third-order valence-electron chi connectivity index (χ3n) is 2.68. The van der Waals surface area contributed by atoms with E-state index in [1.165, 1.54) is 11.5 Å². The molecule has 0 aliphatic rings. The Kier molecular flexibility index (Phi) is 4.41. The summed E-state index contributed by atoms with van der Waals surface area (Å²) in [5.41, 5.74) is 2.19. The molecule has 1 N–H and O–H groups in total. The van der Waals surface area contributed by atoms with Crippen molar-refractivity contribution in [3.8, 4) is 0 Å². The molecular formula is C14H14N2O2S. The molecule has 1 aromatic heterocycles. The Balaban J connectivity index is 1.84. The Bertz CT molecular complexity index is 578. The minimum atomic E-state index is -0.243. The van der Waals surface area contributed by atoms with Gasteiger partial charge < -0.3 is 5.32 Å². The van der Waals surface area contributed by atoms with E-state index in [-0.39, 0.29) is 18.2 Å². The quantitative estimate of drug-likeness (QED) is 0.907. The smallest absolute Gasteiger partial charge is 0.254 e. The van der Waals surface area contributed by atoms with Crippen LogP contribution in [0.25, 0.3) is 0 Å². The minimum absolute atomic E-state index is 0.0135. The predicted molar refractivity (Wildman–Crippen MR) is 74.3 cm³/mol. The average Bonchev–Trinajstić information content (AvgIpc) is 2.83. The lowest BCUT2D eigenvalue weighted by Crippen LogP contribution is -2.30. The molecule has 0 aliphatic carbocycles. The molecule has 1 aromatic carbocycles. The van der Waals surface area contributed by atoms with Crippen LogP contribution in [-0.4, -0.2) is 22.6 Å². The molecule has 0 saturated carbocycles. The van der Waals surface area contributed by atoms with Crippen molar-refractivity contribution >= 4 is 23.2 Å². The van der Waals surface area contributed by atoms with Gasteiger partial charge in [-0.3, -0.25) is 9.59 Å². The van der Waals surface area contributed by atoms with E-state index >= 15 is 0 Å². The highest BCUT2D eigenvalue weighted by molar-refractivity contribution is 7.03.